The summed E-state index contributed by atoms with van der Waals surface area (Å²) in [6.45, 7) is 5.61. The first kappa shape index (κ1) is 19.0. The molecule has 28 heavy (non-hydrogen) atoms. The van der Waals surface area contributed by atoms with Gasteiger partial charge in [-0.2, -0.15) is 0 Å². The largest absolute Gasteiger partial charge is 0.358 e. The molecule has 1 fully saturated rings. The van der Waals surface area contributed by atoms with E-state index in [1.165, 1.54) is 29.5 Å². The Bertz CT molecular complexity index is 875. The fourth-order valence-electron chi connectivity index (χ4n) is 4.63. The van der Waals surface area contributed by atoms with Gasteiger partial charge >= 0.3 is 0 Å². The average molecular weight is 382 g/mol. The third kappa shape index (κ3) is 3.80. The minimum atomic E-state index is -0.00356. The molecule has 0 bridgehead atoms. The smallest absolute Gasteiger partial charge is 0.253 e. The van der Waals surface area contributed by atoms with Crippen molar-refractivity contribution in [1.29, 1.82) is 0 Å². The van der Waals surface area contributed by atoms with Crippen molar-refractivity contribution >= 4 is 22.7 Å². The van der Waals surface area contributed by atoms with E-state index in [1.807, 2.05) is 17.0 Å². The molecule has 0 saturated carbocycles. The average Bonchev–Trinajstić information content (AvgIpc) is 3.06. The summed E-state index contributed by atoms with van der Waals surface area (Å²) in [5.41, 5.74) is 4.42. The molecule has 2 aliphatic rings. The molecule has 2 aromatic rings. The van der Waals surface area contributed by atoms with Crippen LogP contribution in [0.25, 0.3) is 10.9 Å². The fraction of sp³-hybridized carbons (Fsp3) is 0.565. The van der Waals surface area contributed by atoms with Crippen molar-refractivity contribution in [1.82, 2.24) is 15.2 Å². The first-order chi connectivity index (χ1) is 13.5. The van der Waals surface area contributed by atoms with Gasteiger partial charge in [-0.3, -0.25) is 9.59 Å². The van der Waals surface area contributed by atoms with Crippen LogP contribution in [0.2, 0.25) is 0 Å². The van der Waals surface area contributed by atoms with Crippen LogP contribution in [0.3, 0.4) is 0 Å². The topological polar surface area (TPSA) is 65.2 Å². The van der Waals surface area contributed by atoms with Crippen LogP contribution in [0.5, 0.6) is 0 Å². The molecule has 5 nitrogen and oxygen atoms in total. The summed E-state index contributed by atoms with van der Waals surface area (Å²) in [5, 5.41) is 4.42. The Morgan fingerprint density at radius 3 is 2.68 bits per heavy atom. The number of likely N-dealkylation sites (tertiary alicyclic amines) is 1. The number of hydrogen-bond donors (Lipinski definition) is 2. The SMILES string of the molecule is CC(C)CC(=O)N1CCC(NC(=O)c2cccc3c4c([nH]c23)CCCC4)CC1. The van der Waals surface area contributed by atoms with Crippen LogP contribution in [0.4, 0.5) is 0 Å². The van der Waals surface area contributed by atoms with Crippen molar-refractivity contribution in [3.63, 3.8) is 0 Å². The highest BCUT2D eigenvalue weighted by Gasteiger charge is 2.25. The van der Waals surface area contributed by atoms with Crippen LogP contribution in [0, 0.1) is 5.92 Å². The van der Waals surface area contributed by atoms with E-state index in [0.29, 0.717) is 12.3 Å². The zero-order valence-electron chi connectivity index (χ0n) is 17.0. The Balaban J connectivity index is 1.42. The molecule has 0 atom stereocenters. The molecule has 1 saturated heterocycles. The van der Waals surface area contributed by atoms with E-state index in [-0.39, 0.29) is 17.9 Å². The van der Waals surface area contributed by atoms with Gasteiger partial charge in [-0.05, 0) is 56.1 Å². The van der Waals surface area contributed by atoms with Crippen LogP contribution in [-0.4, -0.2) is 40.8 Å². The predicted molar refractivity (Wildman–Crippen MR) is 111 cm³/mol. The Labute approximate surface area is 166 Å². The molecule has 0 spiro atoms. The Morgan fingerprint density at radius 2 is 1.93 bits per heavy atom. The molecule has 5 heteroatoms. The second-order valence-corrected chi connectivity index (χ2v) is 8.74. The van der Waals surface area contributed by atoms with Gasteiger partial charge in [-0.15, -0.1) is 0 Å². The predicted octanol–water partition coefficient (Wildman–Crippen LogP) is 3.81. The number of piperidine rings is 1. The first-order valence-corrected chi connectivity index (χ1v) is 10.7. The zero-order valence-corrected chi connectivity index (χ0v) is 17.0. The Morgan fingerprint density at radius 1 is 1.18 bits per heavy atom. The molecule has 2 heterocycles. The van der Waals surface area contributed by atoms with Gasteiger partial charge in [0.25, 0.3) is 5.91 Å². The maximum atomic E-state index is 13.0. The summed E-state index contributed by atoms with van der Waals surface area (Å²) in [6, 6.07) is 6.18. The molecular weight excluding hydrogens is 350 g/mol. The third-order valence-corrected chi connectivity index (χ3v) is 6.14. The summed E-state index contributed by atoms with van der Waals surface area (Å²) in [6.07, 6.45) is 6.88. The second-order valence-electron chi connectivity index (χ2n) is 8.74. The number of H-pyrrole nitrogens is 1. The zero-order chi connectivity index (χ0) is 19.7. The number of aromatic amines is 1. The molecule has 1 aromatic heterocycles. The van der Waals surface area contributed by atoms with E-state index in [2.05, 4.69) is 30.2 Å². The molecule has 1 aliphatic carbocycles. The lowest BCUT2D eigenvalue weighted by atomic mass is 9.95. The maximum absolute atomic E-state index is 13.0. The molecule has 4 rings (SSSR count). The number of aryl methyl sites for hydroxylation is 2. The first-order valence-electron chi connectivity index (χ1n) is 10.7. The van der Waals surface area contributed by atoms with Crippen LogP contribution in [0.1, 0.15) is 67.6 Å². The van der Waals surface area contributed by atoms with Gasteiger partial charge in [0.05, 0.1) is 11.1 Å². The van der Waals surface area contributed by atoms with E-state index >= 15 is 0 Å². The van der Waals surface area contributed by atoms with Crippen LogP contribution >= 0.6 is 0 Å². The van der Waals surface area contributed by atoms with Crippen molar-refractivity contribution in [3.05, 3.63) is 35.0 Å². The summed E-state index contributed by atoms with van der Waals surface area (Å²) in [7, 11) is 0. The van der Waals surface area contributed by atoms with Gasteiger partial charge in [-0.1, -0.05) is 26.0 Å². The van der Waals surface area contributed by atoms with Crippen molar-refractivity contribution < 1.29 is 9.59 Å². The lowest BCUT2D eigenvalue weighted by Crippen LogP contribution is -2.46. The van der Waals surface area contributed by atoms with Gasteiger partial charge < -0.3 is 15.2 Å². The number of carbonyl (C=O) groups excluding carboxylic acids is 2. The van der Waals surface area contributed by atoms with E-state index in [1.54, 1.807) is 0 Å². The fourth-order valence-corrected chi connectivity index (χ4v) is 4.63. The molecule has 0 unspecified atom stereocenters. The minimum absolute atomic E-state index is 0.00356. The highest BCUT2D eigenvalue weighted by molar-refractivity contribution is 6.07. The lowest BCUT2D eigenvalue weighted by Gasteiger charge is -2.33. The van der Waals surface area contributed by atoms with Gasteiger partial charge in [0.2, 0.25) is 5.91 Å². The number of nitrogens with one attached hydrogen (secondary N) is 2. The van der Waals surface area contributed by atoms with E-state index in [4.69, 9.17) is 0 Å². The van der Waals surface area contributed by atoms with E-state index in [9.17, 15) is 9.59 Å². The summed E-state index contributed by atoms with van der Waals surface area (Å²) in [4.78, 5) is 30.7. The van der Waals surface area contributed by atoms with Crippen molar-refractivity contribution in [2.75, 3.05) is 13.1 Å². The normalized spacial score (nSPS) is 17.8. The number of amides is 2. The molecule has 0 radical (unpaired) electrons. The van der Waals surface area contributed by atoms with Crippen LogP contribution < -0.4 is 5.32 Å². The molecule has 2 amide bonds. The number of hydrogen-bond acceptors (Lipinski definition) is 2. The van der Waals surface area contributed by atoms with Crippen molar-refractivity contribution in [3.8, 4) is 0 Å². The monoisotopic (exact) mass is 381 g/mol. The highest BCUT2D eigenvalue weighted by Crippen LogP contribution is 2.30. The van der Waals surface area contributed by atoms with E-state index in [0.717, 1.165) is 49.9 Å². The summed E-state index contributed by atoms with van der Waals surface area (Å²) >= 11 is 0. The van der Waals surface area contributed by atoms with E-state index < -0.39 is 0 Å². The summed E-state index contributed by atoms with van der Waals surface area (Å²) in [5.74, 6) is 0.620. The van der Waals surface area contributed by atoms with Gasteiger partial charge in [0.1, 0.15) is 0 Å². The van der Waals surface area contributed by atoms with Crippen molar-refractivity contribution in [2.24, 2.45) is 5.92 Å². The molecule has 150 valence electrons. The molecular formula is C23H31N3O2. The molecule has 1 aliphatic heterocycles. The number of nitrogens with zero attached hydrogens (tertiary/aromatic N) is 1. The van der Waals surface area contributed by atoms with Gasteiger partial charge in [-0.25, -0.2) is 0 Å². The van der Waals surface area contributed by atoms with Gasteiger partial charge in [0.15, 0.2) is 0 Å². The number of aromatic nitrogens is 1. The van der Waals surface area contributed by atoms with Crippen LogP contribution in [0.15, 0.2) is 18.2 Å². The third-order valence-electron chi connectivity index (χ3n) is 6.14. The lowest BCUT2D eigenvalue weighted by molar-refractivity contribution is -0.133. The molecule has 1 aromatic carbocycles. The standard InChI is InChI=1S/C23H31N3O2/c1-15(2)14-21(27)26-12-10-16(11-13-26)24-23(28)19-8-5-7-18-17-6-3-4-9-20(17)25-22(18)19/h5,7-8,15-16,25H,3-4,6,9-14H2,1-2H3,(H,24,28). The van der Waals surface area contributed by atoms with Crippen molar-refractivity contribution in [2.45, 2.75) is 64.8 Å². The highest BCUT2D eigenvalue weighted by atomic mass is 16.2. The number of para-hydroxylation sites is 1. The van der Waals surface area contributed by atoms with Gasteiger partial charge in [0, 0.05) is 36.6 Å². The summed E-state index contributed by atoms with van der Waals surface area (Å²) < 4.78 is 0. The number of benzene rings is 1. The molecule has 2 N–H and O–H groups in total. The number of fused-ring (bicyclic) bond motifs is 3. The number of rotatable bonds is 4. The maximum Gasteiger partial charge on any atom is 0.253 e. The minimum Gasteiger partial charge on any atom is -0.358 e. The number of carbonyl (C=O) groups is 2. The Kier molecular flexibility index (Phi) is 5.42. The quantitative estimate of drug-likeness (QED) is 0.846. The van der Waals surface area contributed by atoms with Crippen LogP contribution in [-0.2, 0) is 17.6 Å². The Hall–Kier alpha value is -2.30. The second kappa shape index (κ2) is 7.98.